The van der Waals surface area contributed by atoms with Crippen LogP contribution < -0.4 is 64.3 Å². The highest BCUT2D eigenvalue weighted by Gasteiger charge is 2.46. The SMILES string of the molecule is CC(C)CN(C[C@@H](O)[C@H](Cc1ccc(OCCCCN)cc1)NC(=O)O[C@@H]1CO[C@H]2OCC[C@H]21)S(=O)(=O)c1ccc2c(c1)OCO2.CC(C)CN(C[C@@H](O)[C@H](Cc1ccc(OCCCCN=C(NC#N)Oc2ccccc2)cc1)NC(=O)O[C@@H]1CO[C@H]2OCC[C@H]21)S(=O)(=O)c1ccc2c(c1)OCO2.N#CN=C(Oc1ccccc1)Oc1ccccc1. The minimum atomic E-state index is -4.10. The summed E-state index contributed by atoms with van der Waals surface area (Å²) >= 11 is 0. The number of hydrogen-bond acceptors (Lipinski definition) is 28. The molecule has 33 nitrogen and oxygen atoms in total. The molecule has 7 aromatic carbocycles. The van der Waals surface area contributed by atoms with E-state index in [4.69, 9.17) is 87.3 Å². The number of nitrogens with two attached hydrogens (primary N) is 1. The number of unbranched alkanes of at least 4 members (excludes halogenated alkanes) is 2. The smallest absolute Gasteiger partial charge is 0.410 e. The van der Waals surface area contributed by atoms with Crippen molar-refractivity contribution in [1.29, 1.82) is 10.5 Å². The first-order valence-electron chi connectivity index (χ1n) is 40.2. The van der Waals surface area contributed by atoms with E-state index in [0.717, 1.165) is 30.4 Å². The molecule has 10 atom stereocenters. The van der Waals surface area contributed by atoms with Crippen molar-refractivity contribution in [2.24, 2.45) is 39.4 Å². The number of para-hydroxylation sites is 3. The van der Waals surface area contributed by atoms with Gasteiger partial charge in [0.15, 0.2) is 41.8 Å². The Kier molecular flexibility index (Phi) is 34.1. The van der Waals surface area contributed by atoms with Crippen LogP contribution in [-0.4, -0.2) is 202 Å². The molecule has 0 radical (unpaired) electrons. The molecule has 4 saturated heterocycles. The van der Waals surface area contributed by atoms with Crippen LogP contribution in [0.2, 0.25) is 0 Å². The van der Waals surface area contributed by atoms with Crippen molar-refractivity contribution in [3.63, 3.8) is 0 Å². The van der Waals surface area contributed by atoms with Crippen LogP contribution in [0.15, 0.2) is 196 Å². The van der Waals surface area contributed by atoms with Gasteiger partial charge >= 0.3 is 24.3 Å². The number of nitrogens with zero attached hydrogens (tertiary/aromatic N) is 6. The Hall–Kier alpha value is -11.1. The lowest BCUT2D eigenvalue weighted by Crippen LogP contribution is -2.51. The summed E-state index contributed by atoms with van der Waals surface area (Å²) in [6, 6.07) is 48.8. The zero-order chi connectivity index (χ0) is 85.5. The fourth-order valence-corrected chi connectivity index (χ4v) is 17.0. The Balaban J connectivity index is 0.000000199. The summed E-state index contributed by atoms with van der Waals surface area (Å²) in [5.41, 5.74) is 7.12. The first-order valence-corrected chi connectivity index (χ1v) is 43.0. The van der Waals surface area contributed by atoms with Gasteiger partial charge in [0, 0.05) is 44.9 Å². The van der Waals surface area contributed by atoms with E-state index in [9.17, 15) is 36.6 Å². The van der Waals surface area contributed by atoms with Gasteiger partial charge in [-0.1, -0.05) is 112 Å². The van der Waals surface area contributed by atoms with Crippen molar-refractivity contribution in [2.45, 2.75) is 138 Å². The van der Waals surface area contributed by atoms with E-state index < -0.39 is 75.0 Å². The molecule has 6 aliphatic rings. The van der Waals surface area contributed by atoms with Crippen molar-refractivity contribution in [2.75, 3.05) is 92.5 Å². The number of amides is 2. The minimum Gasteiger partial charge on any atom is -0.494 e. The minimum absolute atomic E-state index is 0.000707. The number of hydrogen-bond donors (Lipinski definition) is 6. The Morgan fingerprint density at radius 1 is 0.529 bits per heavy atom. The normalized spacial score (nSPS) is 18.9. The lowest BCUT2D eigenvalue weighted by Gasteiger charge is -2.31. The molecule has 35 heteroatoms. The number of carbonyl (C=O) groups is 2. The third-order valence-electron chi connectivity index (χ3n) is 19.8. The molecule has 13 rings (SSSR count). The summed E-state index contributed by atoms with van der Waals surface area (Å²) in [6.45, 7) is 10.7. The molecule has 4 fully saturated rings. The average molecular weight is 1710 g/mol. The maximum absolute atomic E-state index is 14.0. The highest BCUT2D eigenvalue weighted by atomic mass is 32.2. The van der Waals surface area contributed by atoms with E-state index in [1.54, 1.807) is 66.9 Å². The number of aliphatic hydroxyl groups is 2. The molecule has 0 spiro atoms. The second-order valence-corrected chi connectivity index (χ2v) is 33.7. The number of carbonyl (C=O) groups excluding carboxylic acids is 2. The second-order valence-electron chi connectivity index (χ2n) is 29.8. The molecule has 7 aromatic rings. The van der Waals surface area contributed by atoms with Crippen molar-refractivity contribution in [3.8, 4) is 64.1 Å². The molecule has 2 amide bonds. The number of amidine groups is 1. The summed E-state index contributed by atoms with van der Waals surface area (Å²) in [5, 5.41) is 49.0. The molecule has 6 aliphatic heterocycles. The fraction of sp³-hybridized carbons (Fsp3) is 0.442. The molecular weight excluding hydrogens is 1610 g/mol. The van der Waals surface area contributed by atoms with E-state index in [-0.39, 0.29) is 118 Å². The summed E-state index contributed by atoms with van der Waals surface area (Å²) in [5.74, 6) is 4.31. The van der Waals surface area contributed by atoms with E-state index in [2.05, 4.69) is 25.9 Å². The van der Waals surface area contributed by atoms with Crippen LogP contribution in [0.1, 0.15) is 77.3 Å². The van der Waals surface area contributed by atoms with Crippen molar-refractivity contribution in [1.82, 2.24) is 24.6 Å². The van der Waals surface area contributed by atoms with Gasteiger partial charge in [0.1, 0.15) is 41.0 Å². The molecule has 0 unspecified atom stereocenters. The van der Waals surface area contributed by atoms with Crippen LogP contribution in [0.3, 0.4) is 0 Å². The number of alkyl carbamates (subject to hydrolysis) is 2. The third kappa shape index (κ3) is 27.2. The molecule has 121 heavy (non-hydrogen) atoms. The largest absolute Gasteiger partial charge is 0.494 e. The summed E-state index contributed by atoms with van der Waals surface area (Å²) in [4.78, 5) is 34.4. The zero-order valence-corrected chi connectivity index (χ0v) is 69.4. The number of aliphatic imine (C=N–C) groups is 2. The number of rotatable bonds is 36. The van der Waals surface area contributed by atoms with Gasteiger partial charge in [-0.2, -0.15) is 19.1 Å². The molecule has 0 aliphatic carbocycles. The van der Waals surface area contributed by atoms with Gasteiger partial charge in [0.25, 0.3) is 0 Å². The Morgan fingerprint density at radius 2 is 0.950 bits per heavy atom. The van der Waals surface area contributed by atoms with Gasteiger partial charge in [-0.15, -0.1) is 0 Å². The number of nitriles is 2. The third-order valence-corrected chi connectivity index (χ3v) is 23.4. The Morgan fingerprint density at radius 3 is 1.36 bits per heavy atom. The molecule has 0 saturated carbocycles. The van der Waals surface area contributed by atoms with Crippen molar-refractivity contribution >= 4 is 44.3 Å². The molecule has 648 valence electrons. The number of ether oxygens (including phenoxy) is 15. The van der Waals surface area contributed by atoms with E-state index in [1.807, 2.05) is 125 Å². The van der Waals surface area contributed by atoms with Gasteiger partial charge in [0.2, 0.25) is 39.8 Å². The van der Waals surface area contributed by atoms with Gasteiger partial charge in [-0.3, -0.25) is 0 Å². The van der Waals surface area contributed by atoms with E-state index >= 15 is 0 Å². The quantitative estimate of drug-likeness (QED) is 0.00699. The number of fused-ring (bicyclic) bond motifs is 4. The van der Waals surface area contributed by atoms with Crippen molar-refractivity contribution in [3.05, 3.63) is 187 Å². The Labute approximate surface area is 704 Å². The van der Waals surface area contributed by atoms with Gasteiger partial charge in [-0.25, -0.2) is 36.7 Å². The monoisotopic (exact) mass is 1710 g/mol. The maximum atomic E-state index is 14.0. The highest BCUT2D eigenvalue weighted by Crippen LogP contribution is 2.39. The molecule has 0 aromatic heterocycles. The van der Waals surface area contributed by atoms with Gasteiger partial charge in [0.05, 0.1) is 85.6 Å². The van der Waals surface area contributed by atoms with E-state index in [0.29, 0.717) is 111 Å². The summed E-state index contributed by atoms with van der Waals surface area (Å²) in [6.07, 6.45) is 2.38. The predicted molar refractivity (Wildman–Crippen MR) is 440 cm³/mol. The van der Waals surface area contributed by atoms with Gasteiger partial charge in [-0.05, 0) is 166 Å². The maximum Gasteiger partial charge on any atom is 0.410 e. The van der Waals surface area contributed by atoms with Crippen LogP contribution in [-0.2, 0) is 61.3 Å². The van der Waals surface area contributed by atoms with Crippen LogP contribution in [0.5, 0.6) is 51.7 Å². The molecule has 7 N–H and O–H groups in total. The van der Waals surface area contributed by atoms with Crippen LogP contribution >= 0.6 is 0 Å². The highest BCUT2D eigenvalue weighted by molar-refractivity contribution is 7.89. The zero-order valence-electron chi connectivity index (χ0n) is 67.8. The molecule has 0 bridgehead atoms. The Bertz CT molecular complexity index is 4780. The topological polar surface area (TPSA) is 422 Å². The summed E-state index contributed by atoms with van der Waals surface area (Å²) in [7, 11) is -8.16. The fourth-order valence-electron chi connectivity index (χ4n) is 13.7. The summed E-state index contributed by atoms with van der Waals surface area (Å²) < 4.78 is 142. The van der Waals surface area contributed by atoms with Crippen LogP contribution in [0.25, 0.3) is 0 Å². The lowest BCUT2D eigenvalue weighted by atomic mass is 10.0. The van der Waals surface area contributed by atoms with Crippen molar-refractivity contribution < 1.29 is 108 Å². The van der Waals surface area contributed by atoms with Crippen LogP contribution in [0.4, 0.5) is 9.59 Å². The first-order chi connectivity index (χ1) is 58.6. The standard InChI is InChI=1S/C40H49N5O11S.C32H45N3O10S.C14H10N2O2/c1-27(2)22-45(57(48,49)31-14-15-35-36(21-31)54-26-53-35)23-34(46)33(44-40(47)56-37-24-52-38-32(37)16-19-51-38)20-28-10-12-29(13-11-28)50-18-7-6-17-42-39(43-25-41)55-30-8-4-3-5-9-30;1-21(2)17-35(46(38,39)24-9-10-28-29(16-24)44-20-43-28)18-27(36)26(15-22-5-7-23(8-6-22)40-13-4-3-12-33)34-32(37)45-30-19-42-31-25(30)11-14-41-31;15-11-16-14(17-12-7-3-1-4-8-12)18-13-9-5-2-6-10-13/h3-5,8-15,21,27,32-34,37-38,46H,6-7,16-20,22-24,26H2,1-2H3,(H,42,43)(H,44,47);5-10,16,21,25-27,30-31,36H,3-4,11-15,17-20,33H2,1-2H3,(H,34,37);1-10H/t32-,33-,34+,37+,38+;25-,26-,27+,30+,31+;/m00./s1. The average Bonchev–Trinajstić information content (AvgIpc) is 1.71. The second kappa shape index (κ2) is 45.5. The van der Waals surface area contributed by atoms with E-state index in [1.165, 1.54) is 32.9 Å². The van der Waals surface area contributed by atoms with Crippen LogP contribution in [0, 0.1) is 46.6 Å². The molecular formula is C86H104N10O23S2. The number of sulfonamides is 2. The number of benzene rings is 7. The number of aliphatic hydroxyl groups excluding tert-OH is 2. The van der Waals surface area contributed by atoms with Gasteiger partial charge < -0.3 is 97.6 Å². The molecule has 6 heterocycles. The lowest BCUT2D eigenvalue weighted by molar-refractivity contribution is -0.0909. The predicted octanol–water partition coefficient (Wildman–Crippen LogP) is 9.81. The first kappa shape index (κ1) is 90.7. The number of nitrogens with one attached hydrogen (secondary N) is 3.